The molecule has 1 saturated heterocycles. The topological polar surface area (TPSA) is 53.0 Å². The number of hydrogen-bond acceptors (Lipinski definition) is 4. The molecule has 0 radical (unpaired) electrons. The van der Waals surface area contributed by atoms with Gasteiger partial charge in [-0.1, -0.05) is 18.2 Å². The van der Waals surface area contributed by atoms with Gasteiger partial charge in [0.25, 0.3) is 0 Å². The summed E-state index contributed by atoms with van der Waals surface area (Å²) in [5.41, 5.74) is 0.819. The van der Waals surface area contributed by atoms with Gasteiger partial charge in [0.2, 0.25) is 5.91 Å². The molecular formula is C20H30N2O3. The van der Waals surface area contributed by atoms with Crippen molar-refractivity contribution in [2.75, 3.05) is 31.6 Å². The molecule has 0 bridgehead atoms. The molecular weight excluding hydrogens is 316 g/mol. The Bertz CT molecular complexity index is 582. The second kappa shape index (κ2) is 7.44. The van der Waals surface area contributed by atoms with Crippen molar-refractivity contribution in [3.8, 4) is 0 Å². The first-order valence-electron chi connectivity index (χ1n) is 9.36. The molecule has 1 spiro atoms. The molecule has 1 aromatic rings. The van der Waals surface area contributed by atoms with Crippen molar-refractivity contribution >= 4 is 11.6 Å². The number of nitrogens with zero attached hydrogens (tertiary/aromatic N) is 2. The minimum atomic E-state index is -0.260. The van der Waals surface area contributed by atoms with E-state index in [0.717, 1.165) is 38.0 Å². The third kappa shape index (κ3) is 3.33. The van der Waals surface area contributed by atoms with E-state index >= 15 is 0 Å². The summed E-state index contributed by atoms with van der Waals surface area (Å²) in [6.45, 7) is 6.34. The average molecular weight is 346 g/mol. The molecule has 0 aromatic heterocycles. The molecule has 3 rings (SSSR count). The van der Waals surface area contributed by atoms with Crippen molar-refractivity contribution in [3.63, 3.8) is 0 Å². The molecule has 3 atom stereocenters. The maximum absolute atomic E-state index is 12.8. The quantitative estimate of drug-likeness (QED) is 0.889. The lowest BCUT2D eigenvalue weighted by Crippen LogP contribution is -2.63. The van der Waals surface area contributed by atoms with Crippen LogP contribution in [0.4, 0.5) is 5.69 Å². The number of carbonyl (C=O) groups excluding carboxylic acids is 1. The summed E-state index contributed by atoms with van der Waals surface area (Å²) in [5.74, 6) is 0.109. The van der Waals surface area contributed by atoms with E-state index in [1.165, 1.54) is 0 Å². The van der Waals surface area contributed by atoms with Gasteiger partial charge in [0, 0.05) is 31.2 Å². The van der Waals surface area contributed by atoms with Gasteiger partial charge in [0.1, 0.15) is 0 Å². The van der Waals surface area contributed by atoms with Crippen molar-refractivity contribution in [1.82, 2.24) is 4.90 Å². The number of likely N-dealkylation sites (tertiary alicyclic amines) is 1. The van der Waals surface area contributed by atoms with Gasteiger partial charge in [0.05, 0.1) is 18.2 Å². The van der Waals surface area contributed by atoms with Crippen molar-refractivity contribution in [3.05, 3.63) is 30.3 Å². The van der Waals surface area contributed by atoms with Crippen LogP contribution in [0.3, 0.4) is 0 Å². The molecule has 5 nitrogen and oxygen atoms in total. The van der Waals surface area contributed by atoms with Crippen LogP contribution >= 0.6 is 0 Å². The van der Waals surface area contributed by atoms with E-state index in [1.807, 2.05) is 51.2 Å². The van der Waals surface area contributed by atoms with Crippen LogP contribution in [0, 0.1) is 5.41 Å². The average Bonchev–Trinajstić information content (AvgIpc) is 2.67. The first-order chi connectivity index (χ1) is 12.0. The van der Waals surface area contributed by atoms with Crippen molar-refractivity contribution in [1.29, 1.82) is 0 Å². The number of para-hydroxylation sites is 1. The fourth-order valence-electron chi connectivity index (χ4n) is 4.36. The van der Waals surface area contributed by atoms with E-state index in [1.54, 1.807) is 4.90 Å². The van der Waals surface area contributed by atoms with E-state index in [0.29, 0.717) is 6.61 Å². The summed E-state index contributed by atoms with van der Waals surface area (Å²) in [7, 11) is 1.83. The molecule has 1 aliphatic heterocycles. The normalized spacial score (nSPS) is 26.9. The predicted octanol–water partition coefficient (Wildman–Crippen LogP) is 2.29. The van der Waals surface area contributed by atoms with Crippen LogP contribution in [0.25, 0.3) is 0 Å². The molecule has 2 fully saturated rings. The number of hydrogen-bond donors (Lipinski definition) is 1. The SMILES string of the molecule is CCOC1CC(O)C12CCN(C(C)C(=O)N(C)c1ccccc1)CC2. The van der Waals surface area contributed by atoms with E-state index in [-0.39, 0.29) is 29.6 Å². The van der Waals surface area contributed by atoms with Crippen LogP contribution in [-0.4, -0.2) is 60.9 Å². The number of benzene rings is 1. The van der Waals surface area contributed by atoms with Gasteiger partial charge in [-0.3, -0.25) is 9.69 Å². The van der Waals surface area contributed by atoms with Gasteiger partial charge < -0.3 is 14.7 Å². The molecule has 1 aliphatic carbocycles. The largest absolute Gasteiger partial charge is 0.392 e. The molecule has 138 valence electrons. The highest BCUT2D eigenvalue weighted by Gasteiger charge is 2.56. The number of piperidine rings is 1. The fourth-order valence-corrected chi connectivity index (χ4v) is 4.36. The maximum Gasteiger partial charge on any atom is 0.243 e. The monoisotopic (exact) mass is 346 g/mol. The standard InChI is InChI=1S/C20H30N2O3/c1-4-25-18-14-17(23)20(18)10-12-22(13-11-20)15(2)19(24)21(3)16-8-6-5-7-9-16/h5-9,15,17-18,23H,4,10-14H2,1-3H3. The highest BCUT2D eigenvalue weighted by Crippen LogP contribution is 2.51. The van der Waals surface area contributed by atoms with Crippen molar-refractivity contribution < 1.29 is 14.6 Å². The van der Waals surface area contributed by atoms with Crippen molar-refractivity contribution in [2.24, 2.45) is 5.41 Å². The van der Waals surface area contributed by atoms with Gasteiger partial charge in [-0.15, -0.1) is 0 Å². The van der Waals surface area contributed by atoms with Crippen LogP contribution in [0.5, 0.6) is 0 Å². The first-order valence-corrected chi connectivity index (χ1v) is 9.36. The van der Waals surface area contributed by atoms with Crippen LogP contribution in [-0.2, 0) is 9.53 Å². The Kier molecular flexibility index (Phi) is 5.46. The van der Waals surface area contributed by atoms with Gasteiger partial charge in [-0.05, 0) is 51.9 Å². The zero-order valence-corrected chi connectivity index (χ0v) is 15.5. The number of aliphatic hydroxyl groups is 1. The highest BCUT2D eigenvalue weighted by molar-refractivity contribution is 5.96. The molecule has 1 amide bonds. The van der Waals surface area contributed by atoms with Crippen LogP contribution < -0.4 is 4.90 Å². The summed E-state index contributed by atoms with van der Waals surface area (Å²) in [6.07, 6.45) is 2.45. The van der Waals surface area contributed by atoms with Crippen LogP contribution in [0.15, 0.2) is 30.3 Å². The predicted molar refractivity (Wildman–Crippen MR) is 98.6 cm³/mol. The van der Waals surface area contributed by atoms with Crippen LogP contribution in [0.1, 0.15) is 33.1 Å². The van der Waals surface area contributed by atoms with Crippen molar-refractivity contribution in [2.45, 2.75) is 51.4 Å². The molecule has 1 heterocycles. The number of likely N-dealkylation sites (N-methyl/N-ethyl adjacent to an activating group) is 1. The Morgan fingerprint density at radius 3 is 2.56 bits per heavy atom. The van der Waals surface area contributed by atoms with Gasteiger partial charge >= 0.3 is 0 Å². The van der Waals surface area contributed by atoms with E-state index < -0.39 is 0 Å². The summed E-state index contributed by atoms with van der Waals surface area (Å²) in [6, 6.07) is 9.58. The number of anilines is 1. The third-order valence-corrected chi connectivity index (χ3v) is 6.22. The summed E-state index contributed by atoms with van der Waals surface area (Å²) in [5, 5.41) is 10.3. The first kappa shape index (κ1) is 18.4. The zero-order chi connectivity index (χ0) is 18.0. The second-order valence-electron chi connectivity index (χ2n) is 7.37. The molecule has 2 aliphatic rings. The molecule has 25 heavy (non-hydrogen) atoms. The number of carbonyl (C=O) groups is 1. The molecule has 3 unspecified atom stereocenters. The van der Waals surface area contributed by atoms with E-state index in [9.17, 15) is 9.90 Å². The highest BCUT2D eigenvalue weighted by atomic mass is 16.5. The fraction of sp³-hybridized carbons (Fsp3) is 0.650. The van der Waals surface area contributed by atoms with Gasteiger partial charge in [-0.2, -0.15) is 0 Å². The lowest BCUT2D eigenvalue weighted by atomic mass is 9.58. The maximum atomic E-state index is 12.8. The lowest BCUT2D eigenvalue weighted by molar-refractivity contribution is -0.210. The Morgan fingerprint density at radius 2 is 2.00 bits per heavy atom. The summed E-state index contributed by atoms with van der Waals surface area (Å²) < 4.78 is 5.83. The van der Waals surface area contributed by atoms with Gasteiger partial charge in [0.15, 0.2) is 0 Å². The Labute approximate surface area is 150 Å². The smallest absolute Gasteiger partial charge is 0.243 e. The van der Waals surface area contributed by atoms with E-state index in [2.05, 4.69) is 4.90 Å². The van der Waals surface area contributed by atoms with E-state index in [4.69, 9.17) is 4.74 Å². The molecule has 1 aromatic carbocycles. The number of rotatable bonds is 5. The molecule has 5 heteroatoms. The number of ether oxygens (including phenoxy) is 1. The second-order valence-corrected chi connectivity index (χ2v) is 7.37. The Hall–Kier alpha value is -1.43. The minimum absolute atomic E-state index is 0.0966. The minimum Gasteiger partial charge on any atom is -0.392 e. The Morgan fingerprint density at radius 1 is 1.36 bits per heavy atom. The molecule has 1 saturated carbocycles. The summed E-state index contributed by atoms with van der Waals surface area (Å²) >= 11 is 0. The molecule has 1 N–H and O–H groups in total. The van der Waals surface area contributed by atoms with Gasteiger partial charge in [-0.25, -0.2) is 0 Å². The lowest BCUT2D eigenvalue weighted by Gasteiger charge is -2.57. The summed E-state index contributed by atoms with van der Waals surface area (Å²) in [4.78, 5) is 16.8. The third-order valence-electron chi connectivity index (χ3n) is 6.22. The Balaban J connectivity index is 1.60. The number of amides is 1. The zero-order valence-electron chi connectivity index (χ0n) is 15.5. The van der Waals surface area contributed by atoms with Crippen LogP contribution in [0.2, 0.25) is 0 Å². The number of aliphatic hydroxyl groups excluding tert-OH is 1.